The molecule has 0 aliphatic carbocycles. The van der Waals surface area contributed by atoms with Crippen molar-refractivity contribution in [3.8, 4) is 0 Å². The van der Waals surface area contributed by atoms with E-state index in [0.717, 1.165) is 38.7 Å². The summed E-state index contributed by atoms with van der Waals surface area (Å²) in [5, 5.41) is 3.43. The Bertz CT molecular complexity index is 498. The highest BCUT2D eigenvalue weighted by Crippen LogP contribution is 2.15. The average Bonchev–Trinajstić information content (AvgIpc) is 2.74. The van der Waals surface area contributed by atoms with Gasteiger partial charge in [-0.25, -0.2) is 4.98 Å². The third-order valence-corrected chi connectivity index (χ3v) is 3.51. The monoisotopic (exact) mass is 256 g/mol. The van der Waals surface area contributed by atoms with Gasteiger partial charge in [-0.3, -0.25) is 0 Å². The van der Waals surface area contributed by atoms with Gasteiger partial charge in [0.15, 0.2) is 0 Å². The summed E-state index contributed by atoms with van der Waals surface area (Å²) in [6.07, 6.45) is 5.15. The third-order valence-electron chi connectivity index (χ3n) is 3.51. The lowest BCUT2D eigenvalue weighted by atomic mass is 10.2. The lowest BCUT2D eigenvalue weighted by molar-refractivity contribution is 0.715. The lowest BCUT2D eigenvalue weighted by Gasteiger charge is -2.22. The van der Waals surface area contributed by atoms with E-state index in [0.29, 0.717) is 0 Å². The van der Waals surface area contributed by atoms with Gasteiger partial charge in [0.1, 0.15) is 0 Å². The van der Waals surface area contributed by atoms with Gasteiger partial charge in [0.25, 0.3) is 0 Å². The minimum absolute atomic E-state index is 0.889. The van der Waals surface area contributed by atoms with Crippen LogP contribution in [0.15, 0.2) is 42.7 Å². The Hall–Kier alpha value is -1.81. The summed E-state index contributed by atoms with van der Waals surface area (Å²) >= 11 is 0. The maximum absolute atomic E-state index is 4.54. The molecule has 4 heteroatoms. The molecule has 1 N–H and O–H groups in total. The van der Waals surface area contributed by atoms with Gasteiger partial charge >= 0.3 is 0 Å². The van der Waals surface area contributed by atoms with Crippen molar-refractivity contribution in [3.05, 3.63) is 48.3 Å². The molecule has 1 saturated heterocycles. The molecule has 0 bridgehead atoms. The Balaban J connectivity index is 1.78. The molecule has 4 nitrogen and oxygen atoms in total. The zero-order valence-electron chi connectivity index (χ0n) is 11.1. The highest BCUT2D eigenvalue weighted by Gasteiger charge is 2.14. The van der Waals surface area contributed by atoms with E-state index in [2.05, 4.69) is 56.3 Å². The second-order valence-electron chi connectivity index (χ2n) is 4.93. The molecule has 1 aromatic carbocycles. The quantitative estimate of drug-likeness (QED) is 0.908. The van der Waals surface area contributed by atoms with Gasteiger partial charge < -0.3 is 14.8 Å². The Morgan fingerprint density at radius 2 is 2.00 bits per heavy atom. The number of nitrogens with zero attached hydrogens (tertiary/aromatic N) is 3. The number of rotatable bonds is 3. The van der Waals surface area contributed by atoms with Gasteiger partial charge in [0.2, 0.25) is 5.95 Å². The van der Waals surface area contributed by atoms with E-state index < -0.39 is 0 Å². The van der Waals surface area contributed by atoms with E-state index >= 15 is 0 Å². The fourth-order valence-corrected chi connectivity index (χ4v) is 2.53. The van der Waals surface area contributed by atoms with Crippen molar-refractivity contribution >= 4 is 5.95 Å². The fraction of sp³-hybridized carbons (Fsp3) is 0.400. The topological polar surface area (TPSA) is 33.1 Å². The average molecular weight is 256 g/mol. The minimum atomic E-state index is 0.889. The number of hydrogen-bond acceptors (Lipinski definition) is 3. The molecule has 0 atom stereocenters. The maximum Gasteiger partial charge on any atom is 0.205 e. The number of anilines is 1. The summed E-state index contributed by atoms with van der Waals surface area (Å²) in [6.45, 7) is 5.15. The molecule has 100 valence electrons. The van der Waals surface area contributed by atoms with Gasteiger partial charge in [-0.2, -0.15) is 0 Å². The van der Waals surface area contributed by atoms with Crippen molar-refractivity contribution in [2.75, 3.05) is 31.1 Å². The second-order valence-corrected chi connectivity index (χ2v) is 4.93. The smallest absolute Gasteiger partial charge is 0.205 e. The molecular weight excluding hydrogens is 236 g/mol. The van der Waals surface area contributed by atoms with Gasteiger partial charge in [-0.15, -0.1) is 0 Å². The summed E-state index contributed by atoms with van der Waals surface area (Å²) in [5.41, 5.74) is 1.31. The van der Waals surface area contributed by atoms with Crippen LogP contribution in [-0.2, 0) is 6.54 Å². The van der Waals surface area contributed by atoms with E-state index in [9.17, 15) is 0 Å². The van der Waals surface area contributed by atoms with Gasteiger partial charge in [0, 0.05) is 32.0 Å². The summed E-state index contributed by atoms with van der Waals surface area (Å²) in [5.74, 6) is 1.09. The molecule has 1 fully saturated rings. The van der Waals surface area contributed by atoms with Crippen molar-refractivity contribution in [3.63, 3.8) is 0 Å². The zero-order valence-corrected chi connectivity index (χ0v) is 11.1. The predicted octanol–water partition coefficient (Wildman–Crippen LogP) is 1.73. The predicted molar refractivity (Wildman–Crippen MR) is 77.5 cm³/mol. The number of nitrogens with one attached hydrogen (secondary N) is 1. The molecule has 19 heavy (non-hydrogen) atoms. The van der Waals surface area contributed by atoms with Crippen LogP contribution in [0.3, 0.4) is 0 Å². The Kier molecular flexibility index (Phi) is 3.79. The van der Waals surface area contributed by atoms with Gasteiger partial charge in [-0.05, 0) is 18.5 Å². The first-order valence-corrected chi connectivity index (χ1v) is 6.94. The lowest BCUT2D eigenvalue weighted by Crippen LogP contribution is -2.30. The zero-order chi connectivity index (χ0) is 12.9. The molecular formula is C15H20N4. The molecule has 1 aliphatic heterocycles. The molecule has 1 aromatic heterocycles. The SMILES string of the molecule is c1ccc(Cn2ccnc2N2CCCNCC2)cc1. The third kappa shape index (κ3) is 2.96. The van der Waals surface area contributed by atoms with Crippen LogP contribution >= 0.6 is 0 Å². The van der Waals surface area contributed by atoms with Crippen LogP contribution in [-0.4, -0.2) is 35.7 Å². The molecule has 2 heterocycles. The van der Waals surface area contributed by atoms with Crippen molar-refractivity contribution in [2.45, 2.75) is 13.0 Å². The van der Waals surface area contributed by atoms with E-state index in [1.807, 2.05) is 6.20 Å². The van der Waals surface area contributed by atoms with Crippen LogP contribution in [0.4, 0.5) is 5.95 Å². The first-order chi connectivity index (χ1) is 9.43. The molecule has 0 spiro atoms. The van der Waals surface area contributed by atoms with E-state index in [-0.39, 0.29) is 0 Å². The molecule has 3 rings (SSSR count). The molecule has 0 amide bonds. The van der Waals surface area contributed by atoms with Gasteiger partial charge in [-0.1, -0.05) is 30.3 Å². The standard InChI is InChI=1S/C15H20N4/c1-2-5-14(6-3-1)13-19-12-9-17-15(19)18-10-4-7-16-8-11-18/h1-3,5-6,9,12,16H,4,7-8,10-11,13H2. The molecule has 0 radical (unpaired) electrons. The number of hydrogen-bond donors (Lipinski definition) is 1. The van der Waals surface area contributed by atoms with Crippen LogP contribution in [0, 0.1) is 0 Å². The number of aromatic nitrogens is 2. The Morgan fingerprint density at radius 1 is 1.11 bits per heavy atom. The first-order valence-electron chi connectivity index (χ1n) is 6.94. The first kappa shape index (κ1) is 12.2. The van der Waals surface area contributed by atoms with Crippen LogP contribution in [0.5, 0.6) is 0 Å². The largest absolute Gasteiger partial charge is 0.341 e. The number of benzene rings is 1. The number of imidazole rings is 1. The van der Waals surface area contributed by atoms with Crippen molar-refractivity contribution < 1.29 is 0 Å². The summed E-state index contributed by atoms with van der Waals surface area (Å²) in [7, 11) is 0. The summed E-state index contributed by atoms with van der Waals surface area (Å²) < 4.78 is 2.24. The Labute approximate surface area is 114 Å². The highest BCUT2D eigenvalue weighted by molar-refractivity contribution is 5.33. The fourth-order valence-electron chi connectivity index (χ4n) is 2.53. The molecule has 0 unspecified atom stereocenters. The maximum atomic E-state index is 4.54. The van der Waals surface area contributed by atoms with Crippen molar-refractivity contribution in [1.82, 2.24) is 14.9 Å². The van der Waals surface area contributed by atoms with E-state index in [4.69, 9.17) is 0 Å². The van der Waals surface area contributed by atoms with Crippen LogP contribution < -0.4 is 10.2 Å². The Morgan fingerprint density at radius 3 is 2.89 bits per heavy atom. The second kappa shape index (κ2) is 5.89. The summed E-state index contributed by atoms with van der Waals surface area (Å²) in [6, 6.07) is 10.5. The molecule has 2 aromatic rings. The highest BCUT2D eigenvalue weighted by atomic mass is 15.3. The van der Waals surface area contributed by atoms with Crippen LogP contribution in [0.2, 0.25) is 0 Å². The van der Waals surface area contributed by atoms with E-state index in [1.54, 1.807) is 0 Å². The van der Waals surface area contributed by atoms with Crippen LogP contribution in [0.25, 0.3) is 0 Å². The van der Waals surface area contributed by atoms with Crippen LogP contribution in [0.1, 0.15) is 12.0 Å². The normalized spacial score (nSPS) is 16.3. The molecule has 1 aliphatic rings. The van der Waals surface area contributed by atoms with E-state index in [1.165, 1.54) is 12.0 Å². The van der Waals surface area contributed by atoms with Crippen molar-refractivity contribution in [2.24, 2.45) is 0 Å². The molecule has 0 saturated carbocycles. The van der Waals surface area contributed by atoms with Gasteiger partial charge in [0.05, 0.1) is 6.54 Å². The summed E-state index contributed by atoms with van der Waals surface area (Å²) in [4.78, 5) is 6.92. The van der Waals surface area contributed by atoms with Crippen molar-refractivity contribution in [1.29, 1.82) is 0 Å². The minimum Gasteiger partial charge on any atom is -0.341 e.